The molecule has 3 fully saturated rings. The first-order valence-electron chi connectivity index (χ1n) is 11.5. The average molecular weight is 565 g/mol. The van der Waals surface area contributed by atoms with E-state index in [0.29, 0.717) is 6.10 Å². The predicted octanol–water partition coefficient (Wildman–Crippen LogP) is 3.86. The van der Waals surface area contributed by atoms with Crippen LogP contribution in [0.5, 0.6) is 0 Å². The lowest BCUT2D eigenvalue weighted by Gasteiger charge is -2.41. The zero-order valence-corrected chi connectivity index (χ0v) is 20.7. The van der Waals surface area contributed by atoms with E-state index in [1.165, 1.54) is 37.8 Å². The Morgan fingerprint density at radius 1 is 1.00 bits per heavy atom. The molecule has 4 heterocycles. The lowest BCUT2D eigenvalue weighted by atomic mass is 9.90. The fourth-order valence-corrected chi connectivity index (χ4v) is 4.99. The van der Waals surface area contributed by atoms with Crippen molar-refractivity contribution in [2.75, 3.05) is 45.9 Å². The Kier molecular flexibility index (Phi) is 11.6. The maximum Gasteiger partial charge on any atom is 0.490 e. The van der Waals surface area contributed by atoms with Crippen molar-refractivity contribution in [3.63, 3.8) is 0 Å². The lowest BCUT2D eigenvalue weighted by molar-refractivity contribution is -0.193. The van der Waals surface area contributed by atoms with Gasteiger partial charge in [0.2, 0.25) is 0 Å². The molecule has 0 aliphatic carbocycles. The number of carboxylic acids is 2. The van der Waals surface area contributed by atoms with Gasteiger partial charge in [0, 0.05) is 39.3 Å². The van der Waals surface area contributed by atoms with Gasteiger partial charge in [-0.3, -0.25) is 9.80 Å². The average Bonchev–Trinajstić information content (AvgIpc) is 3.45. The second kappa shape index (κ2) is 13.7. The van der Waals surface area contributed by atoms with Crippen LogP contribution in [0.3, 0.4) is 0 Å². The molecular formula is C22H30F6N2O6S. The van der Waals surface area contributed by atoms with E-state index in [1.807, 2.05) is 0 Å². The minimum absolute atomic E-state index is 0.130. The molecule has 8 nitrogen and oxygen atoms in total. The molecule has 2 atom stereocenters. The summed E-state index contributed by atoms with van der Waals surface area (Å²) in [5, 5.41) is 18.7. The molecule has 37 heavy (non-hydrogen) atoms. The number of carboxylic acid groups (broad SMARTS) is 2. The fourth-order valence-electron chi connectivity index (χ4n) is 4.33. The van der Waals surface area contributed by atoms with E-state index in [0.717, 1.165) is 45.9 Å². The second-order valence-corrected chi connectivity index (χ2v) is 9.71. The number of likely N-dealkylation sites (tertiary alicyclic amines) is 1. The molecule has 0 saturated carbocycles. The first-order valence-corrected chi connectivity index (χ1v) is 12.5. The quantitative estimate of drug-likeness (QED) is 0.532. The Morgan fingerprint density at radius 2 is 1.59 bits per heavy atom. The van der Waals surface area contributed by atoms with Crippen molar-refractivity contribution in [2.45, 2.75) is 56.3 Å². The van der Waals surface area contributed by atoms with E-state index >= 15 is 0 Å². The Morgan fingerprint density at radius 3 is 2.11 bits per heavy atom. The number of thiophene rings is 1. The van der Waals surface area contributed by atoms with Crippen molar-refractivity contribution in [1.29, 1.82) is 0 Å². The predicted molar refractivity (Wildman–Crippen MR) is 120 cm³/mol. The summed E-state index contributed by atoms with van der Waals surface area (Å²) in [6.45, 7) is 8.37. The molecule has 0 amide bonds. The summed E-state index contributed by atoms with van der Waals surface area (Å²) in [5.41, 5.74) is 1.58. The van der Waals surface area contributed by atoms with Gasteiger partial charge in [0.25, 0.3) is 0 Å². The molecule has 0 unspecified atom stereocenters. The van der Waals surface area contributed by atoms with Gasteiger partial charge in [-0.15, -0.1) is 0 Å². The fraction of sp³-hybridized carbons (Fsp3) is 0.727. The Bertz CT molecular complexity index is 824. The molecule has 3 aliphatic heterocycles. The van der Waals surface area contributed by atoms with Crippen molar-refractivity contribution in [3.05, 3.63) is 22.4 Å². The SMILES string of the molecule is O=C(O)C(F)(F)F.O=C(O)C(F)(F)F.c1cc(CN2CC[C@]3(CCC[C@@H](CN4CCOCC4)O3)C2)cs1. The molecule has 15 heteroatoms. The molecule has 0 radical (unpaired) electrons. The second-order valence-electron chi connectivity index (χ2n) is 8.93. The molecule has 4 rings (SSSR count). The van der Waals surface area contributed by atoms with E-state index in [4.69, 9.17) is 29.3 Å². The molecule has 2 N–H and O–H groups in total. The van der Waals surface area contributed by atoms with E-state index in [1.54, 1.807) is 11.3 Å². The van der Waals surface area contributed by atoms with Crippen LogP contribution < -0.4 is 0 Å². The molecule has 1 aromatic heterocycles. The summed E-state index contributed by atoms with van der Waals surface area (Å²) < 4.78 is 75.6. The summed E-state index contributed by atoms with van der Waals surface area (Å²) in [4.78, 5) is 22.9. The van der Waals surface area contributed by atoms with Crippen LogP contribution in [0.15, 0.2) is 16.8 Å². The Balaban J connectivity index is 0.000000286. The van der Waals surface area contributed by atoms with Gasteiger partial charge in [-0.25, -0.2) is 9.59 Å². The number of morpholine rings is 1. The zero-order chi connectivity index (χ0) is 27.7. The topological polar surface area (TPSA) is 99.5 Å². The molecule has 0 bridgehead atoms. The van der Waals surface area contributed by atoms with E-state index in [2.05, 4.69) is 26.6 Å². The van der Waals surface area contributed by atoms with Crippen molar-refractivity contribution in [2.24, 2.45) is 0 Å². The number of hydrogen-bond donors (Lipinski definition) is 2. The highest BCUT2D eigenvalue weighted by Gasteiger charge is 2.43. The molecule has 3 aliphatic rings. The monoisotopic (exact) mass is 564 g/mol. The van der Waals surface area contributed by atoms with Crippen LogP contribution in [0, 0.1) is 0 Å². The summed E-state index contributed by atoms with van der Waals surface area (Å²) in [6.07, 6.45) is -4.75. The van der Waals surface area contributed by atoms with Gasteiger partial charge < -0.3 is 19.7 Å². The van der Waals surface area contributed by atoms with Crippen molar-refractivity contribution >= 4 is 23.3 Å². The van der Waals surface area contributed by atoms with Crippen LogP contribution in [0.1, 0.15) is 31.2 Å². The summed E-state index contributed by atoms with van der Waals surface area (Å²) in [5.74, 6) is -5.51. The van der Waals surface area contributed by atoms with Crippen molar-refractivity contribution < 1.29 is 55.6 Å². The van der Waals surface area contributed by atoms with Crippen LogP contribution in [-0.4, -0.2) is 102 Å². The number of alkyl halides is 6. The number of rotatable bonds is 4. The highest BCUT2D eigenvalue weighted by Crippen LogP contribution is 2.37. The third kappa shape index (κ3) is 11.1. The highest BCUT2D eigenvalue weighted by atomic mass is 32.1. The van der Waals surface area contributed by atoms with Gasteiger partial charge in [-0.05, 0) is 48.1 Å². The minimum Gasteiger partial charge on any atom is -0.475 e. The normalized spacial score (nSPS) is 25.1. The standard InChI is InChI=1S/C18H28N2O2S.2C2HF3O2/c1-2-17(13-19-7-9-21-10-8-19)22-18(4-1)5-6-20(15-18)12-16-3-11-23-14-16;2*3-2(4,5)1(6)7/h3,11,14,17H,1-2,4-10,12-13,15H2;2*(H,6,7)/t17-,18+;;/m0../s1. The highest BCUT2D eigenvalue weighted by molar-refractivity contribution is 7.07. The van der Waals surface area contributed by atoms with Crippen molar-refractivity contribution in [1.82, 2.24) is 9.80 Å². The number of aliphatic carboxylic acids is 2. The van der Waals surface area contributed by atoms with Crippen molar-refractivity contribution in [3.8, 4) is 0 Å². The van der Waals surface area contributed by atoms with Gasteiger partial charge in [-0.2, -0.15) is 37.7 Å². The van der Waals surface area contributed by atoms with E-state index in [9.17, 15) is 26.3 Å². The Labute approximate surface area is 213 Å². The van der Waals surface area contributed by atoms with Crippen LogP contribution >= 0.6 is 11.3 Å². The third-order valence-electron chi connectivity index (χ3n) is 6.01. The molecule has 212 valence electrons. The number of ether oxygens (including phenoxy) is 2. The number of carbonyl (C=O) groups is 2. The largest absolute Gasteiger partial charge is 0.490 e. The zero-order valence-electron chi connectivity index (χ0n) is 19.9. The molecule has 0 aromatic carbocycles. The van der Waals surface area contributed by atoms with E-state index in [-0.39, 0.29) is 5.60 Å². The van der Waals surface area contributed by atoms with Gasteiger partial charge in [-0.1, -0.05) is 0 Å². The maximum atomic E-state index is 10.6. The summed E-state index contributed by atoms with van der Waals surface area (Å²) in [7, 11) is 0. The van der Waals surface area contributed by atoms with Crippen LogP contribution in [-0.2, 0) is 25.6 Å². The molecule has 1 aromatic rings. The Hall–Kier alpha value is -1.94. The summed E-state index contributed by atoms with van der Waals surface area (Å²) >= 11 is 1.80. The van der Waals surface area contributed by atoms with E-state index < -0.39 is 24.3 Å². The molecular weight excluding hydrogens is 534 g/mol. The smallest absolute Gasteiger partial charge is 0.475 e. The first kappa shape index (κ1) is 31.3. The maximum absolute atomic E-state index is 10.6. The van der Waals surface area contributed by atoms with Gasteiger partial charge in [0.15, 0.2) is 0 Å². The number of nitrogens with zero attached hydrogens (tertiary/aromatic N) is 2. The summed E-state index contributed by atoms with van der Waals surface area (Å²) in [6, 6.07) is 2.25. The lowest BCUT2D eigenvalue weighted by Crippen LogP contribution is -2.48. The first-order chi connectivity index (χ1) is 17.2. The van der Waals surface area contributed by atoms with Gasteiger partial charge in [0.1, 0.15) is 0 Å². The van der Waals surface area contributed by atoms with Crippen LogP contribution in [0.25, 0.3) is 0 Å². The third-order valence-corrected chi connectivity index (χ3v) is 6.74. The van der Waals surface area contributed by atoms with Crippen LogP contribution in [0.2, 0.25) is 0 Å². The number of halogens is 6. The number of hydrogen-bond acceptors (Lipinski definition) is 7. The molecule has 1 spiro atoms. The van der Waals surface area contributed by atoms with Gasteiger partial charge >= 0.3 is 24.3 Å². The molecule has 3 saturated heterocycles. The minimum atomic E-state index is -5.08. The van der Waals surface area contributed by atoms with Gasteiger partial charge in [0.05, 0.1) is 24.9 Å². The van der Waals surface area contributed by atoms with Crippen LogP contribution in [0.4, 0.5) is 26.3 Å².